The van der Waals surface area contributed by atoms with Crippen LogP contribution in [0.15, 0.2) is 53.2 Å². The number of nitrogens with zero attached hydrogens (tertiary/aromatic N) is 1. The molecular weight excluding hydrogens is 346 g/mol. The smallest absolute Gasteiger partial charge is 0.363 e. The van der Waals surface area contributed by atoms with Crippen molar-refractivity contribution in [1.29, 1.82) is 0 Å². The van der Waals surface area contributed by atoms with Gasteiger partial charge in [0, 0.05) is 12.0 Å². The van der Waals surface area contributed by atoms with Crippen LogP contribution in [0.2, 0.25) is 0 Å². The fourth-order valence-electron chi connectivity index (χ4n) is 2.44. The molecule has 0 radical (unpaired) electrons. The lowest BCUT2D eigenvalue weighted by atomic mass is 10.1. The highest BCUT2D eigenvalue weighted by atomic mass is 16.6. The Kier molecular flexibility index (Phi) is 5.35. The van der Waals surface area contributed by atoms with Crippen molar-refractivity contribution in [3.63, 3.8) is 0 Å². The molecule has 0 spiro atoms. The van der Waals surface area contributed by atoms with Crippen LogP contribution in [0.4, 0.5) is 0 Å². The normalized spacial score (nSPS) is 14.7. The van der Waals surface area contributed by atoms with E-state index in [1.54, 1.807) is 31.2 Å². The summed E-state index contributed by atoms with van der Waals surface area (Å²) < 4.78 is 15.7. The zero-order valence-electron chi connectivity index (χ0n) is 15.3. The molecular formula is C21H19NO5. The molecule has 3 rings (SSSR count). The fourth-order valence-corrected chi connectivity index (χ4v) is 2.44. The number of rotatable bonds is 5. The van der Waals surface area contributed by atoms with Crippen LogP contribution in [0.3, 0.4) is 0 Å². The van der Waals surface area contributed by atoms with E-state index in [-0.39, 0.29) is 24.0 Å². The molecule has 27 heavy (non-hydrogen) atoms. The second-order valence-corrected chi connectivity index (χ2v) is 5.94. The van der Waals surface area contributed by atoms with Crippen molar-refractivity contribution in [1.82, 2.24) is 0 Å². The molecule has 1 aliphatic heterocycles. The lowest BCUT2D eigenvalue weighted by molar-refractivity contribution is -0.134. The summed E-state index contributed by atoms with van der Waals surface area (Å²) in [7, 11) is 1.48. The van der Waals surface area contributed by atoms with E-state index < -0.39 is 5.97 Å². The van der Waals surface area contributed by atoms with Gasteiger partial charge < -0.3 is 14.2 Å². The monoisotopic (exact) mass is 365 g/mol. The Morgan fingerprint density at radius 2 is 1.89 bits per heavy atom. The number of carbonyl (C=O) groups is 2. The molecule has 1 aliphatic rings. The summed E-state index contributed by atoms with van der Waals surface area (Å²) in [5.74, 6) is 0.105. The molecule has 0 saturated carbocycles. The van der Waals surface area contributed by atoms with E-state index >= 15 is 0 Å². The van der Waals surface area contributed by atoms with E-state index in [4.69, 9.17) is 14.2 Å². The molecule has 0 fully saturated rings. The zero-order chi connectivity index (χ0) is 19.4. The summed E-state index contributed by atoms with van der Waals surface area (Å²) in [6.45, 7) is 3.69. The Morgan fingerprint density at radius 3 is 2.56 bits per heavy atom. The third kappa shape index (κ3) is 4.23. The van der Waals surface area contributed by atoms with Crippen molar-refractivity contribution in [3.8, 4) is 11.5 Å². The van der Waals surface area contributed by atoms with E-state index in [1.807, 2.05) is 31.2 Å². The maximum Gasteiger partial charge on any atom is 0.363 e. The highest BCUT2D eigenvalue weighted by Gasteiger charge is 2.24. The first-order valence-electron chi connectivity index (χ1n) is 8.48. The Balaban J connectivity index is 1.88. The molecule has 1 heterocycles. The van der Waals surface area contributed by atoms with Gasteiger partial charge in [-0.25, -0.2) is 9.79 Å². The Bertz CT molecular complexity index is 942. The number of benzene rings is 2. The third-order valence-electron chi connectivity index (χ3n) is 3.92. The predicted octanol–water partition coefficient (Wildman–Crippen LogP) is 3.66. The summed E-state index contributed by atoms with van der Waals surface area (Å²) >= 11 is 0. The standard InChI is InChI=1S/C21H19NO5/c1-4-19(23)26-17-10-7-14(12-18(17)25-3)11-16-21(24)27-20(22-16)15-8-5-13(2)6-9-15/h5-12H,4H2,1-3H3/b16-11-. The van der Waals surface area contributed by atoms with Crippen molar-refractivity contribution in [2.45, 2.75) is 20.3 Å². The second-order valence-electron chi connectivity index (χ2n) is 5.94. The fraction of sp³-hybridized carbons (Fsp3) is 0.190. The molecule has 0 atom stereocenters. The van der Waals surface area contributed by atoms with Crippen LogP contribution in [0.5, 0.6) is 11.5 Å². The minimum absolute atomic E-state index is 0.186. The molecule has 6 heteroatoms. The van der Waals surface area contributed by atoms with Gasteiger partial charge in [-0.05, 0) is 42.8 Å². The first-order chi connectivity index (χ1) is 13.0. The summed E-state index contributed by atoms with van der Waals surface area (Å²) in [6.07, 6.45) is 1.86. The SMILES string of the molecule is CCC(=O)Oc1ccc(/C=C2\N=C(c3ccc(C)cc3)OC2=O)cc1OC. The van der Waals surface area contributed by atoms with Gasteiger partial charge in [0.1, 0.15) is 0 Å². The average molecular weight is 365 g/mol. The zero-order valence-corrected chi connectivity index (χ0v) is 15.3. The van der Waals surface area contributed by atoms with E-state index in [0.717, 1.165) is 11.1 Å². The molecule has 6 nitrogen and oxygen atoms in total. The van der Waals surface area contributed by atoms with Gasteiger partial charge >= 0.3 is 11.9 Å². The highest BCUT2D eigenvalue weighted by molar-refractivity contribution is 6.12. The number of carbonyl (C=O) groups excluding carboxylic acids is 2. The summed E-state index contributed by atoms with van der Waals surface area (Å²) in [4.78, 5) is 27.9. The maximum absolute atomic E-state index is 12.1. The number of esters is 2. The van der Waals surface area contributed by atoms with Gasteiger partial charge in [0.25, 0.3) is 0 Å². The van der Waals surface area contributed by atoms with Crippen LogP contribution in [0, 0.1) is 6.92 Å². The third-order valence-corrected chi connectivity index (χ3v) is 3.92. The first-order valence-corrected chi connectivity index (χ1v) is 8.48. The van der Waals surface area contributed by atoms with E-state index in [2.05, 4.69) is 4.99 Å². The number of hydrogen-bond donors (Lipinski definition) is 0. The van der Waals surface area contributed by atoms with Crippen LogP contribution in [0.25, 0.3) is 6.08 Å². The molecule has 0 unspecified atom stereocenters. The van der Waals surface area contributed by atoms with E-state index in [9.17, 15) is 9.59 Å². The number of aliphatic imine (C=N–C) groups is 1. The topological polar surface area (TPSA) is 74.2 Å². The van der Waals surface area contributed by atoms with Crippen molar-refractivity contribution in [2.75, 3.05) is 7.11 Å². The summed E-state index contributed by atoms with van der Waals surface area (Å²) in [5, 5.41) is 0. The highest BCUT2D eigenvalue weighted by Crippen LogP contribution is 2.30. The number of methoxy groups -OCH3 is 1. The van der Waals surface area contributed by atoms with E-state index in [1.165, 1.54) is 7.11 Å². The van der Waals surface area contributed by atoms with Gasteiger partial charge in [-0.2, -0.15) is 0 Å². The Hall–Kier alpha value is -3.41. The van der Waals surface area contributed by atoms with Crippen LogP contribution < -0.4 is 9.47 Å². The molecule has 0 aliphatic carbocycles. The minimum atomic E-state index is -0.522. The lowest BCUT2D eigenvalue weighted by Crippen LogP contribution is -2.06. The molecule has 0 aromatic heterocycles. The lowest BCUT2D eigenvalue weighted by Gasteiger charge is -2.09. The number of aryl methyl sites for hydroxylation is 1. The van der Waals surface area contributed by atoms with Crippen molar-refractivity contribution in [2.24, 2.45) is 4.99 Å². The van der Waals surface area contributed by atoms with Gasteiger partial charge in [0.15, 0.2) is 17.2 Å². The van der Waals surface area contributed by atoms with E-state index in [0.29, 0.717) is 17.1 Å². The van der Waals surface area contributed by atoms with Crippen molar-refractivity contribution in [3.05, 3.63) is 64.9 Å². The van der Waals surface area contributed by atoms with Gasteiger partial charge in [-0.1, -0.05) is 30.7 Å². The molecule has 2 aromatic carbocycles. The second kappa shape index (κ2) is 7.86. The van der Waals surface area contributed by atoms with Crippen LogP contribution in [0.1, 0.15) is 30.0 Å². The summed E-state index contributed by atoms with van der Waals surface area (Å²) in [5.41, 5.74) is 2.70. The summed E-state index contributed by atoms with van der Waals surface area (Å²) in [6, 6.07) is 12.5. The molecule has 0 N–H and O–H groups in total. The number of ether oxygens (including phenoxy) is 3. The van der Waals surface area contributed by atoms with Crippen molar-refractivity contribution < 1.29 is 23.8 Å². The molecule has 0 amide bonds. The largest absolute Gasteiger partial charge is 0.493 e. The van der Waals surface area contributed by atoms with Crippen LogP contribution >= 0.6 is 0 Å². The van der Waals surface area contributed by atoms with Gasteiger partial charge in [-0.3, -0.25) is 4.79 Å². The predicted molar refractivity (Wildman–Crippen MR) is 101 cm³/mol. The first kappa shape index (κ1) is 18.4. The van der Waals surface area contributed by atoms with Gasteiger partial charge in [0.2, 0.25) is 5.90 Å². The number of cyclic esters (lactones) is 1. The Morgan fingerprint density at radius 1 is 1.15 bits per heavy atom. The Labute approximate surface area is 157 Å². The van der Waals surface area contributed by atoms with Crippen molar-refractivity contribution >= 4 is 23.9 Å². The molecule has 138 valence electrons. The minimum Gasteiger partial charge on any atom is -0.493 e. The van der Waals surface area contributed by atoms with Gasteiger partial charge in [-0.15, -0.1) is 0 Å². The molecule has 0 saturated heterocycles. The maximum atomic E-state index is 12.1. The number of hydrogen-bond acceptors (Lipinski definition) is 6. The average Bonchev–Trinajstić information content (AvgIpc) is 3.03. The van der Waals surface area contributed by atoms with Crippen LogP contribution in [-0.2, 0) is 14.3 Å². The molecule has 2 aromatic rings. The quantitative estimate of drug-likeness (QED) is 0.459. The van der Waals surface area contributed by atoms with Gasteiger partial charge in [0.05, 0.1) is 7.11 Å². The molecule has 0 bridgehead atoms. The van der Waals surface area contributed by atoms with Crippen LogP contribution in [-0.4, -0.2) is 24.9 Å².